The van der Waals surface area contributed by atoms with Crippen LogP contribution in [0.3, 0.4) is 0 Å². The first-order valence-electron chi connectivity index (χ1n) is 6.25. The average molecular weight is 231 g/mol. The molecule has 2 unspecified atom stereocenters. The molecule has 0 amide bonds. The van der Waals surface area contributed by atoms with Gasteiger partial charge in [-0.05, 0) is 32.2 Å². The lowest BCUT2D eigenvalue weighted by atomic mass is 9.83. The second-order valence-corrected chi connectivity index (χ2v) is 5.27. The monoisotopic (exact) mass is 231 g/mol. The predicted molar refractivity (Wildman–Crippen MR) is 68.8 cm³/mol. The van der Waals surface area contributed by atoms with E-state index >= 15 is 0 Å². The van der Waals surface area contributed by atoms with E-state index in [1.54, 1.807) is 7.11 Å². The third-order valence-corrected chi connectivity index (χ3v) is 2.80. The molecule has 0 spiro atoms. The Morgan fingerprint density at radius 1 is 1.25 bits per heavy atom. The molecule has 0 saturated heterocycles. The zero-order chi connectivity index (χ0) is 12.6. The second-order valence-electron chi connectivity index (χ2n) is 5.27. The van der Waals surface area contributed by atoms with Crippen LogP contribution in [0.15, 0.2) is 0 Å². The van der Waals surface area contributed by atoms with Gasteiger partial charge in [-0.15, -0.1) is 0 Å². The molecule has 16 heavy (non-hydrogen) atoms. The van der Waals surface area contributed by atoms with E-state index in [4.69, 9.17) is 9.47 Å². The maximum Gasteiger partial charge on any atom is 0.0775 e. The summed E-state index contributed by atoms with van der Waals surface area (Å²) in [4.78, 5) is 0. The van der Waals surface area contributed by atoms with Crippen LogP contribution in [0, 0.1) is 5.41 Å². The van der Waals surface area contributed by atoms with Crippen LogP contribution in [-0.2, 0) is 9.47 Å². The Morgan fingerprint density at radius 3 is 2.25 bits per heavy atom. The van der Waals surface area contributed by atoms with E-state index < -0.39 is 0 Å². The molecule has 3 heteroatoms. The van der Waals surface area contributed by atoms with E-state index in [1.165, 1.54) is 0 Å². The largest absolute Gasteiger partial charge is 0.385 e. The van der Waals surface area contributed by atoms with Crippen molar-refractivity contribution in [3.05, 3.63) is 0 Å². The Balaban J connectivity index is 4.34. The molecule has 1 N–H and O–H groups in total. The SMILES string of the molecule is CCOC(C(CCCOC)NC)C(C)(C)C. The van der Waals surface area contributed by atoms with Crippen molar-refractivity contribution in [2.75, 3.05) is 27.4 Å². The first-order chi connectivity index (χ1) is 7.47. The van der Waals surface area contributed by atoms with E-state index in [9.17, 15) is 0 Å². The van der Waals surface area contributed by atoms with Crippen LogP contribution in [0.2, 0.25) is 0 Å². The van der Waals surface area contributed by atoms with Crippen molar-refractivity contribution in [1.29, 1.82) is 0 Å². The summed E-state index contributed by atoms with van der Waals surface area (Å²) in [5.74, 6) is 0. The highest BCUT2D eigenvalue weighted by molar-refractivity contribution is 4.85. The molecule has 3 nitrogen and oxygen atoms in total. The van der Waals surface area contributed by atoms with Gasteiger partial charge >= 0.3 is 0 Å². The number of methoxy groups -OCH3 is 1. The van der Waals surface area contributed by atoms with Crippen molar-refractivity contribution in [2.24, 2.45) is 5.41 Å². The highest BCUT2D eigenvalue weighted by atomic mass is 16.5. The molecule has 0 aliphatic rings. The Bertz CT molecular complexity index is 166. The number of nitrogens with one attached hydrogen (secondary N) is 1. The summed E-state index contributed by atoms with van der Waals surface area (Å²) in [6, 6.07) is 0.398. The molecule has 2 atom stereocenters. The summed E-state index contributed by atoms with van der Waals surface area (Å²) in [5.41, 5.74) is 0.163. The van der Waals surface area contributed by atoms with Gasteiger partial charge in [0.2, 0.25) is 0 Å². The van der Waals surface area contributed by atoms with Gasteiger partial charge in [0.05, 0.1) is 6.10 Å². The van der Waals surface area contributed by atoms with Gasteiger partial charge < -0.3 is 14.8 Å². The second kappa shape index (κ2) is 8.04. The van der Waals surface area contributed by atoms with Crippen molar-refractivity contribution in [3.8, 4) is 0 Å². The molecular formula is C13H29NO2. The predicted octanol–water partition coefficient (Wildman–Crippen LogP) is 2.45. The molecule has 0 heterocycles. The van der Waals surface area contributed by atoms with Crippen molar-refractivity contribution in [1.82, 2.24) is 5.32 Å². The topological polar surface area (TPSA) is 30.5 Å². The van der Waals surface area contributed by atoms with Gasteiger partial charge in [0, 0.05) is 26.4 Å². The number of likely N-dealkylation sites (N-methyl/N-ethyl adjacent to an activating group) is 1. The van der Waals surface area contributed by atoms with Crippen molar-refractivity contribution in [3.63, 3.8) is 0 Å². The van der Waals surface area contributed by atoms with Crippen LogP contribution in [0.25, 0.3) is 0 Å². The number of hydrogen-bond donors (Lipinski definition) is 1. The fourth-order valence-corrected chi connectivity index (χ4v) is 2.04. The van der Waals surface area contributed by atoms with Gasteiger partial charge in [-0.25, -0.2) is 0 Å². The third kappa shape index (κ3) is 5.83. The standard InChI is InChI=1S/C13H29NO2/c1-7-16-12(13(2,3)4)11(14-5)9-8-10-15-6/h11-12,14H,7-10H2,1-6H3. The summed E-state index contributed by atoms with van der Waals surface area (Å²) in [5, 5.41) is 3.37. The Kier molecular flexibility index (Phi) is 7.98. The normalized spacial score (nSPS) is 16.1. The molecule has 98 valence electrons. The van der Waals surface area contributed by atoms with E-state index in [-0.39, 0.29) is 11.5 Å². The van der Waals surface area contributed by atoms with Crippen molar-refractivity contribution >= 4 is 0 Å². The zero-order valence-electron chi connectivity index (χ0n) is 11.8. The molecule has 0 radical (unpaired) electrons. The molecular weight excluding hydrogens is 202 g/mol. The van der Waals surface area contributed by atoms with Gasteiger partial charge in [0.1, 0.15) is 0 Å². The van der Waals surface area contributed by atoms with Crippen LogP contribution < -0.4 is 5.32 Å². The molecule has 0 aliphatic carbocycles. The lowest BCUT2D eigenvalue weighted by molar-refractivity contribution is -0.0371. The summed E-state index contributed by atoms with van der Waals surface area (Å²) in [6.07, 6.45) is 2.41. The summed E-state index contributed by atoms with van der Waals surface area (Å²) >= 11 is 0. The van der Waals surface area contributed by atoms with Crippen LogP contribution in [0.1, 0.15) is 40.5 Å². The van der Waals surface area contributed by atoms with Gasteiger partial charge in [0.25, 0.3) is 0 Å². The molecule has 0 aromatic heterocycles. The molecule has 0 fully saturated rings. The van der Waals surface area contributed by atoms with Crippen molar-refractivity contribution in [2.45, 2.75) is 52.7 Å². The lowest BCUT2D eigenvalue weighted by Crippen LogP contribution is -2.47. The number of rotatable bonds is 8. The molecule has 0 bridgehead atoms. The van der Waals surface area contributed by atoms with Gasteiger partial charge in [-0.2, -0.15) is 0 Å². The van der Waals surface area contributed by atoms with Crippen molar-refractivity contribution < 1.29 is 9.47 Å². The van der Waals surface area contributed by atoms with Gasteiger partial charge in [-0.1, -0.05) is 20.8 Å². The fourth-order valence-electron chi connectivity index (χ4n) is 2.04. The minimum Gasteiger partial charge on any atom is -0.385 e. The van der Waals surface area contributed by atoms with E-state index in [0.717, 1.165) is 26.1 Å². The van der Waals surface area contributed by atoms with Crippen LogP contribution in [0.5, 0.6) is 0 Å². The smallest absolute Gasteiger partial charge is 0.0775 e. The molecule has 0 aromatic carbocycles. The lowest BCUT2D eigenvalue weighted by Gasteiger charge is -2.36. The Hall–Kier alpha value is -0.120. The maximum atomic E-state index is 5.89. The fraction of sp³-hybridized carbons (Fsp3) is 1.00. The summed E-state index contributed by atoms with van der Waals surface area (Å²) < 4.78 is 11.0. The summed E-state index contributed by atoms with van der Waals surface area (Å²) in [7, 11) is 3.76. The quantitative estimate of drug-likeness (QED) is 0.651. The number of ether oxygens (including phenoxy) is 2. The van der Waals surface area contributed by atoms with Gasteiger partial charge in [-0.3, -0.25) is 0 Å². The van der Waals surface area contributed by atoms with E-state index in [1.807, 2.05) is 7.05 Å². The first kappa shape index (κ1) is 15.9. The van der Waals surface area contributed by atoms with E-state index in [2.05, 4.69) is 33.0 Å². The minimum atomic E-state index is 0.163. The van der Waals surface area contributed by atoms with Crippen LogP contribution in [-0.4, -0.2) is 39.5 Å². The summed E-state index contributed by atoms with van der Waals surface area (Å²) in [6.45, 7) is 10.3. The third-order valence-electron chi connectivity index (χ3n) is 2.80. The number of hydrogen-bond acceptors (Lipinski definition) is 3. The Labute approximate surface area is 101 Å². The minimum absolute atomic E-state index is 0.163. The molecule has 0 saturated carbocycles. The zero-order valence-corrected chi connectivity index (χ0v) is 11.8. The highest BCUT2D eigenvalue weighted by Gasteiger charge is 2.31. The molecule has 0 aromatic rings. The Morgan fingerprint density at radius 2 is 1.88 bits per heavy atom. The molecule has 0 rings (SSSR count). The van der Waals surface area contributed by atoms with E-state index in [0.29, 0.717) is 6.04 Å². The highest BCUT2D eigenvalue weighted by Crippen LogP contribution is 2.26. The molecule has 0 aliphatic heterocycles. The first-order valence-corrected chi connectivity index (χ1v) is 6.25. The van der Waals surface area contributed by atoms with Gasteiger partial charge in [0.15, 0.2) is 0 Å². The maximum absolute atomic E-state index is 5.89. The average Bonchev–Trinajstić information content (AvgIpc) is 2.20. The van der Waals surface area contributed by atoms with Crippen LogP contribution in [0.4, 0.5) is 0 Å². The van der Waals surface area contributed by atoms with Crippen LogP contribution >= 0.6 is 0 Å².